The SMILES string of the molecule is Cc1c(Oc2nnc(C(F)(F)F)c(C)c2C(=O)Nc2cccc(S(C)(=N)=O)c2)ncc(C2(F)CCC2)c1F. The van der Waals surface area contributed by atoms with Gasteiger partial charge in [0.25, 0.3) is 11.8 Å². The second-order valence-corrected chi connectivity index (χ2v) is 11.2. The highest BCUT2D eigenvalue weighted by atomic mass is 32.2. The Morgan fingerprint density at radius 2 is 1.84 bits per heavy atom. The first kappa shape index (κ1) is 27.4. The van der Waals surface area contributed by atoms with Crippen LogP contribution in [0.1, 0.15) is 52.0 Å². The molecule has 4 rings (SSSR count). The Morgan fingerprint density at radius 3 is 2.42 bits per heavy atom. The Labute approximate surface area is 214 Å². The number of hydrogen-bond acceptors (Lipinski definition) is 7. The predicted molar refractivity (Wildman–Crippen MR) is 127 cm³/mol. The fourth-order valence-electron chi connectivity index (χ4n) is 3.95. The topological polar surface area (TPSA) is 118 Å². The zero-order chi connectivity index (χ0) is 28.0. The molecule has 38 heavy (non-hydrogen) atoms. The number of aromatic nitrogens is 3. The van der Waals surface area contributed by atoms with Crippen molar-refractivity contribution in [1.82, 2.24) is 15.2 Å². The van der Waals surface area contributed by atoms with Crippen molar-refractivity contribution in [2.75, 3.05) is 11.6 Å². The van der Waals surface area contributed by atoms with Crippen LogP contribution in [0.2, 0.25) is 0 Å². The van der Waals surface area contributed by atoms with Crippen molar-refractivity contribution in [3.8, 4) is 11.8 Å². The molecule has 1 fully saturated rings. The Bertz CT molecular complexity index is 1540. The van der Waals surface area contributed by atoms with Crippen LogP contribution in [-0.2, 0) is 21.6 Å². The minimum absolute atomic E-state index is 0.0449. The second-order valence-electron chi connectivity index (χ2n) is 9.01. The van der Waals surface area contributed by atoms with E-state index in [-0.39, 0.29) is 34.6 Å². The molecule has 1 aromatic carbocycles. The van der Waals surface area contributed by atoms with Gasteiger partial charge in [-0.1, -0.05) is 6.07 Å². The van der Waals surface area contributed by atoms with Gasteiger partial charge >= 0.3 is 6.18 Å². The van der Waals surface area contributed by atoms with Gasteiger partial charge in [-0.15, -0.1) is 10.2 Å². The van der Waals surface area contributed by atoms with E-state index in [1.807, 2.05) is 0 Å². The molecule has 2 aromatic heterocycles. The molecule has 0 saturated heterocycles. The third-order valence-electron chi connectivity index (χ3n) is 6.24. The lowest BCUT2D eigenvalue weighted by atomic mass is 9.77. The van der Waals surface area contributed by atoms with Crippen LogP contribution in [0.3, 0.4) is 0 Å². The largest absolute Gasteiger partial charge is 0.435 e. The van der Waals surface area contributed by atoms with Gasteiger partial charge in [0.2, 0.25) is 5.88 Å². The smallest absolute Gasteiger partial charge is 0.418 e. The Hall–Kier alpha value is -3.68. The van der Waals surface area contributed by atoms with Crippen LogP contribution in [-0.4, -0.2) is 31.6 Å². The molecule has 1 unspecified atom stereocenters. The molecule has 0 radical (unpaired) electrons. The molecule has 1 saturated carbocycles. The van der Waals surface area contributed by atoms with E-state index in [1.165, 1.54) is 37.4 Å². The summed E-state index contributed by atoms with van der Waals surface area (Å²) in [7, 11) is -3.15. The van der Waals surface area contributed by atoms with Gasteiger partial charge in [-0.25, -0.2) is 22.8 Å². The van der Waals surface area contributed by atoms with Crippen LogP contribution in [0.25, 0.3) is 0 Å². The third-order valence-corrected chi connectivity index (χ3v) is 7.40. The van der Waals surface area contributed by atoms with Crippen LogP contribution in [0, 0.1) is 24.4 Å². The summed E-state index contributed by atoms with van der Waals surface area (Å²) in [6, 6.07) is 5.44. The fourth-order valence-corrected chi connectivity index (χ4v) is 4.64. The molecule has 2 heterocycles. The van der Waals surface area contributed by atoms with Crippen molar-refractivity contribution in [2.24, 2.45) is 0 Å². The number of pyridine rings is 1. The monoisotopic (exact) mass is 555 g/mol. The van der Waals surface area contributed by atoms with Gasteiger partial charge in [0.15, 0.2) is 5.69 Å². The van der Waals surface area contributed by atoms with Gasteiger partial charge in [-0.2, -0.15) is 13.2 Å². The van der Waals surface area contributed by atoms with E-state index in [0.717, 1.165) is 13.1 Å². The number of alkyl halides is 4. The summed E-state index contributed by atoms with van der Waals surface area (Å²) in [6.45, 7) is 2.24. The molecule has 1 atom stereocenters. The summed E-state index contributed by atoms with van der Waals surface area (Å²) in [5, 5.41) is 8.95. The Kier molecular flexibility index (Phi) is 6.89. The van der Waals surface area contributed by atoms with Gasteiger partial charge < -0.3 is 10.1 Å². The van der Waals surface area contributed by atoms with Crippen LogP contribution in [0.4, 0.5) is 27.6 Å². The summed E-state index contributed by atoms with van der Waals surface area (Å²) < 4.78 is 95.7. The summed E-state index contributed by atoms with van der Waals surface area (Å²) in [4.78, 5) is 17.2. The quantitative estimate of drug-likeness (QED) is 0.356. The van der Waals surface area contributed by atoms with Gasteiger partial charge in [-0.3, -0.25) is 4.79 Å². The number of carbonyl (C=O) groups excluding carboxylic acids is 1. The molecule has 1 aliphatic carbocycles. The molecule has 2 N–H and O–H groups in total. The summed E-state index contributed by atoms with van der Waals surface area (Å²) >= 11 is 0. The molecule has 1 aliphatic rings. The first-order chi connectivity index (χ1) is 17.6. The van der Waals surface area contributed by atoms with Crippen molar-refractivity contribution >= 4 is 21.3 Å². The van der Waals surface area contributed by atoms with E-state index in [9.17, 15) is 31.0 Å². The van der Waals surface area contributed by atoms with Crippen molar-refractivity contribution in [1.29, 1.82) is 4.78 Å². The van der Waals surface area contributed by atoms with E-state index >= 15 is 0 Å². The lowest BCUT2D eigenvalue weighted by Crippen LogP contribution is -2.30. The number of anilines is 1. The molecule has 3 aromatic rings. The van der Waals surface area contributed by atoms with Crippen molar-refractivity contribution in [3.05, 3.63) is 64.2 Å². The molecule has 8 nitrogen and oxygen atoms in total. The van der Waals surface area contributed by atoms with E-state index < -0.39 is 61.9 Å². The highest BCUT2D eigenvalue weighted by Gasteiger charge is 2.42. The number of nitrogens with one attached hydrogen (secondary N) is 2. The number of hydrogen-bond donors (Lipinski definition) is 2. The number of benzene rings is 1. The van der Waals surface area contributed by atoms with E-state index in [0.29, 0.717) is 6.42 Å². The summed E-state index contributed by atoms with van der Waals surface area (Å²) in [5.74, 6) is -3.13. The molecule has 0 spiro atoms. The molecule has 14 heteroatoms. The summed E-state index contributed by atoms with van der Waals surface area (Å²) in [6.07, 6.45) is -1.98. The molecule has 0 aliphatic heterocycles. The van der Waals surface area contributed by atoms with Gasteiger partial charge in [0.1, 0.15) is 17.0 Å². The molecule has 0 bridgehead atoms. The molecular weight excluding hydrogens is 533 g/mol. The fraction of sp³-hybridized carbons (Fsp3) is 0.333. The Morgan fingerprint density at radius 1 is 1.16 bits per heavy atom. The number of halogens is 5. The highest BCUT2D eigenvalue weighted by Crippen LogP contribution is 2.47. The lowest BCUT2D eigenvalue weighted by molar-refractivity contribution is -0.142. The van der Waals surface area contributed by atoms with E-state index in [1.54, 1.807) is 0 Å². The molecule has 202 valence electrons. The van der Waals surface area contributed by atoms with Crippen LogP contribution < -0.4 is 10.1 Å². The standard InChI is InChI=1S/C24H22F5N5O3S/c1-12-17(20(35)32-14-6-4-7-15(10-14)38(3,30)36)22(34-33-19(12)24(27,28)29)37-21-13(2)18(25)16(11-31-21)23(26)8-5-9-23/h4,6-7,10-11,30H,5,8-9H2,1-3H3,(H,32,35). The van der Waals surface area contributed by atoms with Crippen LogP contribution in [0.15, 0.2) is 35.4 Å². The zero-order valence-electron chi connectivity index (χ0n) is 20.4. The number of ether oxygens (including phenoxy) is 1. The Balaban J connectivity index is 1.76. The van der Waals surface area contributed by atoms with E-state index in [4.69, 9.17) is 9.52 Å². The van der Waals surface area contributed by atoms with Gasteiger partial charge in [-0.05, 0) is 56.9 Å². The van der Waals surface area contributed by atoms with Gasteiger partial charge in [0, 0.05) is 34.2 Å². The number of rotatable bonds is 6. The molecule has 1 amide bonds. The van der Waals surface area contributed by atoms with Crippen LogP contribution in [0.5, 0.6) is 11.8 Å². The predicted octanol–water partition coefficient (Wildman–Crippen LogP) is 6.08. The summed E-state index contributed by atoms with van der Waals surface area (Å²) in [5.41, 5.74) is -5.01. The highest BCUT2D eigenvalue weighted by molar-refractivity contribution is 7.91. The second kappa shape index (κ2) is 9.57. The number of amides is 1. The maximum absolute atomic E-state index is 15.0. The lowest BCUT2D eigenvalue weighted by Gasteiger charge is -2.34. The van der Waals surface area contributed by atoms with Crippen molar-refractivity contribution in [3.63, 3.8) is 0 Å². The average Bonchev–Trinajstić information content (AvgIpc) is 2.79. The minimum atomic E-state index is -4.95. The van der Waals surface area contributed by atoms with Crippen LogP contribution >= 0.6 is 0 Å². The average molecular weight is 556 g/mol. The zero-order valence-corrected chi connectivity index (χ0v) is 21.2. The first-order valence-corrected chi connectivity index (χ1v) is 13.2. The number of carbonyl (C=O) groups is 1. The van der Waals surface area contributed by atoms with Crippen molar-refractivity contribution in [2.45, 2.75) is 49.9 Å². The maximum atomic E-state index is 15.0. The maximum Gasteiger partial charge on any atom is 0.435 e. The molecular formula is C24H22F5N5O3S. The normalized spacial score (nSPS) is 16.3. The third kappa shape index (κ3) is 5.17. The van der Waals surface area contributed by atoms with E-state index in [2.05, 4.69) is 20.5 Å². The van der Waals surface area contributed by atoms with Gasteiger partial charge in [0.05, 0.1) is 9.73 Å². The minimum Gasteiger partial charge on any atom is -0.418 e. The van der Waals surface area contributed by atoms with Crippen molar-refractivity contribution < 1.29 is 35.7 Å². The first-order valence-electron chi connectivity index (χ1n) is 11.2. The number of nitrogens with zero attached hydrogens (tertiary/aromatic N) is 3.